The Morgan fingerprint density at radius 1 is 1.12 bits per heavy atom. The average Bonchev–Trinajstić information content (AvgIpc) is 3.07. The molecule has 3 aromatic rings. The highest BCUT2D eigenvalue weighted by atomic mass is 32.2. The summed E-state index contributed by atoms with van der Waals surface area (Å²) in [6.07, 6.45) is 4.42. The lowest BCUT2D eigenvalue weighted by atomic mass is 9.72. The van der Waals surface area contributed by atoms with Crippen molar-refractivity contribution in [3.63, 3.8) is 0 Å². The van der Waals surface area contributed by atoms with Crippen molar-refractivity contribution in [2.24, 2.45) is 5.92 Å². The average molecular weight is 486 g/mol. The summed E-state index contributed by atoms with van der Waals surface area (Å²) in [7, 11) is -3.39. The van der Waals surface area contributed by atoms with Crippen molar-refractivity contribution in [2.75, 3.05) is 6.26 Å². The molecule has 2 aromatic carbocycles. The maximum atomic E-state index is 15.0. The Bertz CT molecular complexity index is 1370. The van der Waals surface area contributed by atoms with Crippen LogP contribution in [0, 0.1) is 17.6 Å². The highest BCUT2D eigenvalue weighted by molar-refractivity contribution is 7.88. The molecule has 1 saturated carbocycles. The third kappa shape index (κ3) is 4.18. The molecule has 1 aromatic heterocycles. The van der Waals surface area contributed by atoms with Gasteiger partial charge in [-0.25, -0.2) is 31.9 Å². The van der Waals surface area contributed by atoms with Crippen LogP contribution in [-0.2, 0) is 28.5 Å². The van der Waals surface area contributed by atoms with E-state index in [-0.39, 0.29) is 29.9 Å². The Hall–Kier alpha value is -2.91. The molecule has 1 aliphatic heterocycles. The number of aromatic nitrogens is 2. The lowest BCUT2D eigenvalue weighted by Gasteiger charge is -2.33. The smallest absolute Gasteiger partial charge is 0.208 e. The molecule has 9 heteroatoms. The van der Waals surface area contributed by atoms with Gasteiger partial charge >= 0.3 is 0 Å². The number of hydrogen-bond acceptors (Lipinski definition) is 5. The molecule has 0 unspecified atom stereocenters. The number of rotatable bonds is 2. The molecule has 1 spiro atoms. The molecule has 0 radical (unpaired) electrons. The van der Waals surface area contributed by atoms with Crippen molar-refractivity contribution in [1.29, 1.82) is 0 Å². The largest absolute Gasteiger partial charge is 0.484 e. The van der Waals surface area contributed by atoms with Crippen LogP contribution in [0.25, 0.3) is 11.1 Å². The van der Waals surface area contributed by atoms with E-state index in [4.69, 9.17) is 9.72 Å². The lowest BCUT2D eigenvalue weighted by Crippen LogP contribution is -2.37. The molecule has 34 heavy (non-hydrogen) atoms. The lowest BCUT2D eigenvalue weighted by molar-refractivity contribution is 0.279. The van der Waals surface area contributed by atoms with E-state index in [9.17, 15) is 17.2 Å². The first kappa shape index (κ1) is 22.9. The van der Waals surface area contributed by atoms with Crippen LogP contribution in [0.15, 0.2) is 48.7 Å². The molecule has 0 saturated heterocycles. The summed E-state index contributed by atoms with van der Waals surface area (Å²) < 4.78 is 62.1. The molecule has 1 aliphatic carbocycles. The van der Waals surface area contributed by atoms with Crippen molar-refractivity contribution in [1.82, 2.24) is 14.7 Å². The summed E-state index contributed by atoms with van der Waals surface area (Å²) in [6.45, 7) is 2.05. The van der Waals surface area contributed by atoms with Crippen LogP contribution in [0.2, 0.25) is 0 Å². The monoisotopic (exact) mass is 485 g/mol. The zero-order valence-electron chi connectivity index (χ0n) is 18.9. The van der Waals surface area contributed by atoms with Crippen LogP contribution in [-0.4, -0.2) is 30.7 Å². The number of nitrogens with one attached hydrogen (secondary N) is 1. The van der Waals surface area contributed by atoms with Gasteiger partial charge in [-0.05, 0) is 55.0 Å². The number of halogens is 2. The topological polar surface area (TPSA) is 81.2 Å². The summed E-state index contributed by atoms with van der Waals surface area (Å²) >= 11 is 0. The molecule has 2 heterocycles. The standard InChI is InChI=1S/C25H25F2N3O3S/c1-15-10-18(30-34(2,31)32)13-25(15)12-16-6-7-21(26)20(11-16)19-4-3-5-22(27)23(19)33-14-17-8-9-28-24(25)29-17/h3-9,11,15,18,30H,10,12-14H2,1-2H3/t15-,18-,25+/m1/s1. The zero-order valence-corrected chi connectivity index (χ0v) is 19.7. The van der Waals surface area contributed by atoms with Gasteiger partial charge in [-0.15, -0.1) is 0 Å². The first-order valence-electron chi connectivity index (χ1n) is 11.1. The van der Waals surface area contributed by atoms with E-state index >= 15 is 0 Å². The highest BCUT2D eigenvalue weighted by Crippen LogP contribution is 2.47. The molecular weight excluding hydrogens is 460 g/mol. The van der Waals surface area contributed by atoms with Crippen LogP contribution in [0.5, 0.6) is 5.75 Å². The van der Waals surface area contributed by atoms with Crippen LogP contribution in [0.4, 0.5) is 8.78 Å². The summed E-state index contributed by atoms with van der Waals surface area (Å²) in [5, 5.41) is 0. The number of sulfonamides is 1. The summed E-state index contributed by atoms with van der Waals surface area (Å²) in [5.41, 5.74) is 1.41. The summed E-state index contributed by atoms with van der Waals surface area (Å²) in [5.74, 6) is -0.454. The van der Waals surface area contributed by atoms with E-state index in [1.54, 1.807) is 30.5 Å². The minimum atomic E-state index is -3.39. The fourth-order valence-electron chi connectivity index (χ4n) is 5.39. The third-order valence-electron chi connectivity index (χ3n) is 6.90. The van der Waals surface area contributed by atoms with Crippen molar-refractivity contribution in [2.45, 2.75) is 44.2 Å². The zero-order chi connectivity index (χ0) is 24.1. The molecule has 3 atom stereocenters. The van der Waals surface area contributed by atoms with Gasteiger partial charge in [0.1, 0.15) is 18.2 Å². The molecule has 1 fully saturated rings. The SMILES string of the molecule is C[C@@H]1C[C@@H](NS(C)(=O)=O)C[C@@]12Cc1ccc(F)c(c1)-c1cccc(F)c1OCc1ccnc2n1. The number of ether oxygens (including phenoxy) is 1. The molecule has 2 aliphatic rings. The van der Waals surface area contributed by atoms with Gasteiger partial charge in [-0.1, -0.05) is 25.1 Å². The number of hydrogen-bond donors (Lipinski definition) is 1. The Morgan fingerprint density at radius 2 is 1.94 bits per heavy atom. The maximum absolute atomic E-state index is 15.0. The van der Waals surface area contributed by atoms with Gasteiger partial charge in [0.25, 0.3) is 0 Å². The van der Waals surface area contributed by atoms with Crippen molar-refractivity contribution < 1.29 is 21.9 Å². The molecule has 1 N–H and O–H groups in total. The second kappa shape index (κ2) is 8.39. The summed E-state index contributed by atoms with van der Waals surface area (Å²) in [4.78, 5) is 9.35. The minimum Gasteiger partial charge on any atom is -0.484 e. The van der Waals surface area contributed by atoms with E-state index in [0.29, 0.717) is 36.3 Å². The Kier molecular flexibility index (Phi) is 5.64. The van der Waals surface area contributed by atoms with Crippen LogP contribution < -0.4 is 9.46 Å². The molecule has 6 nitrogen and oxygen atoms in total. The Labute approximate surface area is 197 Å². The van der Waals surface area contributed by atoms with Gasteiger partial charge in [0.15, 0.2) is 11.6 Å². The Balaban J connectivity index is 1.68. The predicted octanol–water partition coefficient (Wildman–Crippen LogP) is 4.14. The second-order valence-corrected chi connectivity index (χ2v) is 11.1. The van der Waals surface area contributed by atoms with E-state index in [1.807, 2.05) is 0 Å². The van der Waals surface area contributed by atoms with E-state index in [2.05, 4.69) is 16.6 Å². The third-order valence-corrected chi connectivity index (χ3v) is 7.66. The van der Waals surface area contributed by atoms with Crippen LogP contribution in [0.3, 0.4) is 0 Å². The number of fused-ring (bicyclic) bond motifs is 7. The number of nitrogens with zero attached hydrogens (tertiary/aromatic N) is 2. The fourth-order valence-corrected chi connectivity index (χ4v) is 6.17. The molecule has 0 amide bonds. The van der Waals surface area contributed by atoms with Crippen molar-refractivity contribution in [3.05, 3.63) is 77.4 Å². The molecular formula is C25H25F2N3O3S. The van der Waals surface area contributed by atoms with E-state index in [1.165, 1.54) is 18.2 Å². The first-order chi connectivity index (χ1) is 16.1. The molecule has 4 bridgehead atoms. The van der Waals surface area contributed by atoms with Crippen LogP contribution >= 0.6 is 0 Å². The number of para-hydroxylation sites is 1. The first-order valence-corrected chi connectivity index (χ1v) is 13.0. The van der Waals surface area contributed by atoms with Gasteiger partial charge in [-0.3, -0.25) is 0 Å². The van der Waals surface area contributed by atoms with Crippen LogP contribution in [0.1, 0.15) is 36.8 Å². The van der Waals surface area contributed by atoms with Gasteiger partial charge in [-0.2, -0.15) is 0 Å². The maximum Gasteiger partial charge on any atom is 0.208 e. The number of benzene rings is 2. The minimum absolute atomic E-state index is 0.0136. The van der Waals surface area contributed by atoms with Gasteiger partial charge in [0.05, 0.1) is 11.9 Å². The van der Waals surface area contributed by atoms with Gasteiger partial charge in [0.2, 0.25) is 10.0 Å². The predicted molar refractivity (Wildman–Crippen MR) is 124 cm³/mol. The Morgan fingerprint density at radius 3 is 2.74 bits per heavy atom. The molecule has 178 valence electrons. The van der Waals surface area contributed by atoms with Gasteiger partial charge < -0.3 is 4.74 Å². The van der Waals surface area contributed by atoms with E-state index < -0.39 is 27.1 Å². The van der Waals surface area contributed by atoms with Crippen molar-refractivity contribution in [3.8, 4) is 16.9 Å². The van der Waals surface area contributed by atoms with Gasteiger partial charge in [0, 0.05) is 28.8 Å². The van der Waals surface area contributed by atoms with Crippen molar-refractivity contribution >= 4 is 10.0 Å². The normalized spacial score (nSPS) is 24.1. The second-order valence-electron chi connectivity index (χ2n) is 9.35. The molecule has 5 rings (SSSR count). The quantitative estimate of drug-likeness (QED) is 0.590. The summed E-state index contributed by atoms with van der Waals surface area (Å²) in [6, 6.07) is 10.7. The fraction of sp³-hybridized carbons (Fsp3) is 0.360. The highest BCUT2D eigenvalue weighted by Gasteiger charge is 2.49. The van der Waals surface area contributed by atoms with E-state index in [0.717, 1.165) is 11.8 Å².